The summed E-state index contributed by atoms with van der Waals surface area (Å²) in [7, 11) is 0. The van der Waals surface area contributed by atoms with Gasteiger partial charge in [-0.05, 0) is 23.4 Å². The van der Waals surface area contributed by atoms with Crippen LogP contribution in [0, 0.1) is 10.1 Å². The highest BCUT2D eigenvalue weighted by atomic mass is 79.9. The normalized spacial score (nSPS) is 18.7. The summed E-state index contributed by atoms with van der Waals surface area (Å²) in [5.41, 5.74) is 2.15. The van der Waals surface area contributed by atoms with Gasteiger partial charge in [-0.1, -0.05) is 52.3 Å². The lowest BCUT2D eigenvalue weighted by molar-refractivity contribution is -0.384. The molecule has 1 aliphatic rings. The fourth-order valence-electron chi connectivity index (χ4n) is 3.78. The number of nitro benzene ring substituents is 1. The standard InChI is InChI=1S/C21H18BrNO4/c22-20-12-19-18(13-5-7-14(8-6-13)23(25)26)11-15(9-10-24)27-21(19)17-4-2-1-3-16(17)20/h1-8,12,15,18,24H,9-11H2/t15-,18-/m0/s1. The van der Waals surface area contributed by atoms with Crippen molar-refractivity contribution < 1.29 is 14.8 Å². The van der Waals surface area contributed by atoms with Gasteiger partial charge in [0.2, 0.25) is 0 Å². The first-order valence-corrected chi connectivity index (χ1v) is 9.60. The van der Waals surface area contributed by atoms with E-state index >= 15 is 0 Å². The third kappa shape index (κ3) is 3.31. The Labute approximate surface area is 164 Å². The largest absolute Gasteiger partial charge is 0.489 e. The maximum atomic E-state index is 11.0. The Morgan fingerprint density at radius 1 is 1.15 bits per heavy atom. The van der Waals surface area contributed by atoms with Crippen LogP contribution in [-0.4, -0.2) is 22.7 Å². The number of hydrogen-bond acceptors (Lipinski definition) is 4. The minimum Gasteiger partial charge on any atom is -0.489 e. The van der Waals surface area contributed by atoms with Gasteiger partial charge in [-0.2, -0.15) is 0 Å². The van der Waals surface area contributed by atoms with Crippen molar-refractivity contribution in [3.05, 3.63) is 80.3 Å². The summed E-state index contributed by atoms with van der Waals surface area (Å²) >= 11 is 3.67. The molecule has 138 valence electrons. The topological polar surface area (TPSA) is 72.6 Å². The molecule has 0 aliphatic carbocycles. The molecule has 0 fully saturated rings. The van der Waals surface area contributed by atoms with E-state index < -0.39 is 0 Å². The average molecular weight is 428 g/mol. The number of hydrogen-bond donors (Lipinski definition) is 1. The second-order valence-electron chi connectivity index (χ2n) is 6.71. The Morgan fingerprint density at radius 2 is 1.85 bits per heavy atom. The lowest BCUT2D eigenvalue weighted by Crippen LogP contribution is -2.27. The Kier molecular flexibility index (Phi) is 4.85. The molecule has 0 saturated carbocycles. The minimum atomic E-state index is -0.389. The fraction of sp³-hybridized carbons (Fsp3) is 0.238. The second kappa shape index (κ2) is 7.29. The molecule has 3 aromatic carbocycles. The molecule has 1 heterocycles. The number of rotatable bonds is 4. The van der Waals surface area contributed by atoms with Gasteiger partial charge in [0.1, 0.15) is 11.9 Å². The Morgan fingerprint density at radius 3 is 2.52 bits per heavy atom. The van der Waals surface area contributed by atoms with Gasteiger partial charge in [-0.15, -0.1) is 0 Å². The van der Waals surface area contributed by atoms with Crippen molar-refractivity contribution in [2.45, 2.75) is 24.9 Å². The number of aliphatic hydroxyl groups is 1. The van der Waals surface area contributed by atoms with Crippen LogP contribution in [0.25, 0.3) is 10.8 Å². The van der Waals surface area contributed by atoms with Crippen molar-refractivity contribution >= 4 is 32.4 Å². The summed E-state index contributed by atoms with van der Waals surface area (Å²) in [5, 5.41) is 22.5. The van der Waals surface area contributed by atoms with E-state index in [1.807, 2.05) is 36.4 Å². The van der Waals surface area contributed by atoms with Gasteiger partial charge in [0.05, 0.1) is 4.92 Å². The average Bonchev–Trinajstić information content (AvgIpc) is 2.69. The van der Waals surface area contributed by atoms with Crippen molar-refractivity contribution in [2.75, 3.05) is 6.61 Å². The summed E-state index contributed by atoms with van der Waals surface area (Å²) in [6, 6.07) is 16.8. The van der Waals surface area contributed by atoms with E-state index in [0.29, 0.717) is 6.42 Å². The Bertz CT molecular complexity index is 1000. The molecule has 0 unspecified atom stereocenters. The third-order valence-corrected chi connectivity index (χ3v) is 5.75. The van der Waals surface area contributed by atoms with Gasteiger partial charge in [0, 0.05) is 46.5 Å². The van der Waals surface area contributed by atoms with Crippen molar-refractivity contribution in [1.82, 2.24) is 0 Å². The van der Waals surface area contributed by atoms with Crippen LogP contribution in [0.2, 0.25) is 0 Å². The van der Waals surface area contributed by atoms with Gasteiger partial charge < -0.3 is 9.84 Å². The second-order valence-corrected chi connectivity index (χ2v) is 7.57. The zero-order valence-corrected chi connectivity index (χ0v) is 16.1. The number of aliphatic hydroxyl groups excluding tert-OH is 1. The maximum Gasteiger partial charge on any atom is 0.269 e. The number of nitro groups is 1. The fourth-order valence-corrected chi connectivity index (χ4v) is 4.38. The van der Waals surface area contributed by atoms with E-state index in [4.69, 9.17) is 4.74 Å². The summed E-state index contributed by atoms with van der Waals surface area (Å²) in [4.78, 5) is 10.6. The summed E-state index contributed by atoms with van der Waals surface area (Å²) in [6.07, 6.45) is 1.16. The van der Waals surface area contributed by atoms with E-state index in [0.717, 1.165) is 38.5 Å². The van der Waals surface area contributed by atoms with E-state index in [1.165, 1.54) is 0 Å². The van der Waals surface area contributed by atoms with Crippen LogP contribution in [0.15, 0.2) is 59.1 Å². The quantitative estimate of drug-likeness (QED) is 0.459. The number of halogens is 1. The molecule has 1 aliphatic heterocycles. The first-order chi connectivity index (χ1) is 13.1. The number of fused-ring (bicyclic) bond motifs is 3. The summed E-state index contributed by atoms with van der Waals surface area (Å²) in [6.45, 7) is 0.0570. The van der Waals surface area contributed by atoms with Crippen LogP contribution in [-0.2, 0) is 0 Å². The Balaban J connectivity index is 1.86. The molecule has 4 rings (SSSR count). The Hall–Kier alpha value is -2.44. The van der Waals surface area contributed by atoms with E-state index in [9.17, 15) is 15.2 Å². The molecule has 0 amide bonds. The molecule has 27 heavy (non-hydrogen) atoms. The first kappa shape index (κ1) is 17.9. The first-order valence-electron chi connectivity index (χ1n) is 8.81. The number of nitrogens with zero attached hydrogens (tertiary/aromatic N) is 1. The van der Waals surface area contributed by atoms with Crippen LogP contribution >= 0.6 is 15.9 Å². The summed E-state index contributed by atoms with van der Waals surface area (Å²) in [5.74, 6) is 0.883. The van der Waals surface area contributed by atoms with Gasteiger partial charge >= 0.3 is 0 Å². The molecule has 1 N–H and O–H groups in total. The van der Waals surface area contributed by atoms with Gasteiger partial charge in [0.15, 0.2) is 0 Å². The van der Waals surface area contributed by atoms with Crippen LogP contribution in [0.1, 0.15) is 29.9 Å². The predicted octanol–water partition coefficient (Wildman–Crippen LogP) is 5.18. The molecule has 0 aromatic heterocycles. The molecule has 2 atom stereocenters. The molecular formula is C21H18BrNO4. The van der Waals surface area contributed by atoms with Crippen molar-refractivity contribution in [3.8, 4) is 5.75 Å². The molecular weight excluding hydrogens is 410 g/mol. The van der Waals surface area contributed by atoms with E-state index in [-0.39, 0.29) is 29.2 Å². The summed E-state index contributed by atoms with van der Waals surface area (Å²) < 4.78 is 7.26. The lowest BCUT2D eigenvalue weighted by Gasteiger charge is -2.33. The number of benzene rings is 3. The van der Waals surface area contributed by atoms with Gasteiger partial charge in [-0.25, -0.2) is 0 Å². The van der Waals surface area contributed by atoms with Crippen molar-refractivity contribution in [1.29, 1.82) is 0 Å². The molecule has 5 nitrogen and oxygen atoms in total. The number of ether oxygens (including phenoxy) is 1. The predicted molar refractivity (Wildman–Crippen MR) is 107 cm³/mol. The van der Waals surface area contributed by atoms with E-state index in [2.05, 4.69) is 22.0 Å². The lowest BCUT2D eigenvalue weighted by atomic mass is 9.82. The minimum absolute atomic E-state index is 0.0482. The molecule has 0 bridgehead atoms. The molecule has 6 heteroatoms. The van der Waals surface area contributed by atoms with Crippen molar-refractivity contribution in [3.63, 3.8) is 0 Å². The zero-order chi connectivity index (χ0) is 19.0. The molecule has 0 saturated heterocycles. The highest BCUT2D eigenvalue weighted by Crippen LogP contribution is 2.47. The highest BCUT2D eigenvalue weighted by Gasteiger charge is 2.31. The highest BCUT2D eigenvalue weighted by molar-refractivity contribution is 9.10. The van der Waals surface area contributed by atoms with Crippen LogP contribution in [0.5, 0.6) is 5.75 Å². The number of non-ortho nitro benzene ring substituents is 1. The van der Waals surface area contributed by atoms with Crippen LogP contribution < -0.4 is 4.74 Å². The van der Waals surface area contributed by atoms with Crippen molar-refractivity contribution in [2.24, 2.45) is 0 Å². The monoisotopic (exact) mass is 427 g/mol. The van der Waals surface area contributed by atoms with Crippen LogP contribution in [0.4, 0.5) is 5.69 Å². The van der Waals surface area contributed by atoms with Gasteiger partial charge in [-0.3, -0.25) is 10.1 Å². The van der Waals surface area contributed by atoms with Gasteiger partial charge in [0.25, 0.3) is 5.69 Å². The van der Waals surface area contributed by atoms with Crippen LogP contribution in [0.3, 0.4) is 0 Å². The molecule has 0 spiro atoms. The van der Waals surface area contributed by atoms with E-state index in [1.54, 1.807) is 12.1 Å². The third-order valence-electron chi connectivity index (χ3n) is 5.09. The smallest absolute Gasteiger partial charge is 0.269 e. The molecule has 3 aromatic rings. The maximum absolute atomic E-state index is 11.0. The zero-order valence-electron chi connectivity index (χ0n) is 14.5. The SMILES string of the molecule is O=[N+]([O-])c1ccc([C@@H]2C[C@H](CCO)Oc3c2cc(Br)c2ccccc32)cc1. The molecule has 0 radical (unpaired) electrons.